The molecular formula is C12H13BrFNOS. The molecule has 1 unspecified atom stereocenters. The van der Waals surface area contributed by atoms with Crippen LogP contribution in [0.4, 0.5) is 4.39 Å². The third-order valence-corrected chi connectivity index (χ3v) is 4.55. The predicted molar refractivity (Wildman–Crippen MR) is 72.2 cm³/mol. The summed E-state index contributed by atoms with van der Waals surface area (Å²) in [5, 5.41) is 0. The van der Waals surface area contributed by atoms with E-state index in [1.54, 1.807) is 30.0 Å². The van der Waals surface area contributed by atoms with Crippen LogP contribution in [0.1, 0.15) is 10.4 Å². The number of halogens is 2. The highest BCUT2D eigenvalue weighted by Crippen LogP contribution is 2.23. The Morgan fingerprint density at radius 2 is 2.35 bits per heavy atom. The molecule has 1 heterocycles. The van der Waals surface area contributed by atoms with Gasteiger partial charge in [-0.05, 0) is 35.1 Å². The highest BCUT2D eigenvalue weighted by molar-refractivity contribution is 9.10. The van der Waals surface area contributed by atoms with Crippen LogP contribution in [0.3, 0.4) is 0 Å². The lowest BCUT2D eigenvalue weighted by molar-refractivity contribution is 0.0870. The number of hydrogen-bond acceptors (Lipinski definition) is 3. The van der Waals surface area contributed by atoms with Gasteiger partial charge in [-0.1, -0.05) is 6.07 Å². The summed E-state index contributed by atoms with van der Waals surface area (Å²) in [6.07, 6.45) is 0. The van der Waals surface area contributed by atoms with E-state index >= 15 is 0 Å². The maximum Gasteiger partial charge on any atom is 0.183 e. The first-order valence-electron chi connectivity index (χ1n) is 5.37. The number of benzene rings is 1. The van der Waals surface area contributed by atoms with E-state index in [0.717, 1.165) is 18.1 Å². The lowest BCUT2D eigenvalue weighted by Crippen LogP contribution is -2.45. The van der Waals surface area contributed by atoms with Crippen LogP contribution < -0.4 is 0 Å². The molecule has 1 fully saturated rings. The molecule has 0 amide bonds. The van der Waals surface area contributed by atoms with Gasteiger partial charge in [0.2, 0.25) is 0 Å². The molecule has 1 saturated heterocycles. The summed E-state index contributed by atoms with van der Waals surface area (Å²) in [4.78, 5) is 14.3. The molecule has 2 nitrogen and oxygen atoms in total. The number of carbonyl (C=O) groups is 1. The van der Waals surface area contributed by atoms with Gasteiger partial charge >= 0.3 is 0 Å². The van der Waals surface area contributed by atoms with Crippen LogP contribution in [-0.4, -0.2) is 41.8 Å². The second kappa shape index (κ2) is 5.50. The topological polar surface area (TPSA) is 20.3 Å². The van der Waals surface area contributed by atoms with E-state index in [4.69, 9.17) is 0 Å². The highest BCUT2D eigenvalue weighted by Gasteiger charge is 2.29. The van der Waals surface area contributed by atoms with Crippen LogP contribution in [-0.2, 0) is 0 Å². The Morgan fingerprint density at radius 1 is 1.59 bits per heavy atom. The number of carbonyl (C=O) groups excluding carboxylic acids is 1. The van der Waals surface area contributed by atoms with E-state index in [-0.39, 0.29) is 17.4 Å². The van der Waals surface area contributed by atoms with Crippen molar-refractivity contribution in [3.8, 4) is 0 Å². The molecular weight excluding hydrogens is 305 g/mol. The summed E-state index contributed by atoms with van der Waals surface area (Å²) in [5.41, 5.74) is 0.179. The zero-order chi connectivity index (χ0) is 12.4. The van der Waals surface area contributed by atoms with Crippen LogP contribution >= 0.6 is 27.7 Å². The van der Waals surface area contributed by atoms with Gasteiger partial charge in [0.1, 0.15) is 5.82 Å². The van der Waals surface area contributed by atoms with E-state index in [2.05, 4.69) is 15.9 Å². The predicted octanol–water partition coefficient (Wildman–Crippen LogP) is 2.82. The second-order valence-corrected chi connectivity index (χ2v) is 6.04. The third kappa shape index (κ3) is 2.72. The van der Waals surface area contributed by atoms with Crippen LogP contribution in [0, 0.1) is 5.82 Å². The first-order chi connectivity index (χ1) is 8.11. The van der Waals surface area contributed by atoms with Crippen molar-refractivity contribution >= 4 is 33.5 Å². The zero-order valence-electron chi connectivity index (χ0n) is 9.45. The van der Waals surface area contributed by atoms with Gasteiger partial charge in [-0.25, -0.2) is 4.39 Å². The van der Waals surface area contributed by atoms with Gasteiger partial charge < -0.3 is 0 Å². The van der Waals surface area contributed by atoms with E-state index in [0.29, 0.717) is 4.47 Å². The van der Waals surface area contributed by atoms with Gasteiger partial charge in [0.15, 0.2) is 5.78 Å². The normalized spacial score (nSPS) is 21.5. The van der Waals surface area contributed by atoms with Crippen LogP contribution in [0.5, 0.6) is 0 Å². The van der Waals surface area contributed by atoms with Crippen molar-refractivity contribution in [3.05, 3.63) is 34.1 Å². The van der Waals surface area contributed by atoms with Gasteiger partial charge in [-0.3, -0.25) is 9.69 Å². The molecule has 1 aliphatic rings. The Hall–Kier alpha value is -0.390. The Balaban J connectivity index is 2.27. The number of nitrogens with zero attached hydrogens (tertiary/aromatic N) is 1. The molecule has 1 aliphatic heterocycles. The molecule has 0 aliphatic carbocycles. The number of ketones is 1. The number of thioether (sulfide) groups is 1. The molecule has 0 spiro atoms. The van der Waals surface area contributed by atoms with E-state index in [1.165, 1.54) is 0 Å². The Labute approximate surface area is 113 Å². The first-order valence-corrected chi connectivity index (χ1v) is 7.32. The second-order valence-electron chi connectivity index (χ2n) is 4.04. The SMILES string of the molecule is CN1CCSCC1C(=O)c1cccc(Br)c1F. The summed E-state index contributed by atoms with van der Waals surface area (Å²) >= 11 is 4.85. The molecule has 0 saturated carbocycles. The third-order valence-electron chi connectivity index (χ3n) is 2.92. The molecule has 1 atom stereocenters. The lowest BCUT2D eigenvalue weighted by atomic mass is 10.0. The molecule has 5 heteroatoms. The largest absolute Gasteiger partial charge is 0.295 e. The van der Waals surface area contributed by atoms with Gasteiger partial charge in [0.25, 0.3) is 0 Å². The minimum Gasteiger partial charge on any atom is -0.295 e. The maximum absolute atomic E-state index is 13.8. The minimum atomic E-state index is -0.457. The van der Waals surface area contributed by atoms with Crippen molar-refractivity contribution in [2.24, 2.45) is 0 Å². The number of rotatable bonds is 2. The fourth-order valence-corrected chi connectivity index (χ4v) is 3.42. The summed E-state index contributed by atoms with van der Waals surface area (Å²) in [6.45, 7) is 0.872. The average Bonchev–Trinajstić information content (AvgIpc) is 2.32. The highest BCUT2D eigenvalue weighted by atomic mass is 79.9. The van der Waals surface area contributed by atoms with E-state index in [9.17, 15) is 9.18 Å². The van der Waals surface area contributed by atoms with Crippen LogP contribution in [0.2, 0.25) is 0 Å². The van der Waals surface area contributed by atoms with Gasteiger partial charge in [-0.2, -0.15) is 11.8 Å². The molecule has 1 aromatic rings. The molecule has 0 radical (unpaired) electrons. The Kier molecular flexibility index (Phi) is 4.22. The Bertz CT molecular complexity index is 441. The molecule has 92 valence electrons. The Morgan fingerprint density at radius 3 is 3.06 bits per heavy atom. The zero-order valence-corrected chi connectivity index (χ0v) is 11.9. The fraction of sp³-hybridized carbons (Fsp3) is 0.417. The van der Waals surface area contributed by atoms with Gasteiger partial charge in [-0.15, -0.1) is 0 Å². The summed E-state index contributed by atoms with van der Waals surface area (Å²) in [7, 11) is 1.91. The summed E-state index contributed by atoms with van der Waals surface area (Å²) < 4.78 is 14.2. The standard InChI is InChI=1S/C12H13BrFNOS/c1-15-5-6-17-7-10(15)12(16)8-3-2-4-9(13)11(8)14/h2-4,10H,5-7H2,1H3. The van der Waals surface area contributed by atoms with Gasteiger partial charge in [0.05, 0.1) is 16.1 Å². The molecule has 0 aromatic heterocycles. The van der Waals surface area contributed by atoms with Crippen molar-refractivity contribution in [1.82, 2.24) is 4.90 Å². The lowest BCUT2D eigenvalue weighted by Gasteiger charge is -2.30. The van der Waals surface area contributed by atoms with Crippen molar-refractivity contribution in [3.63, 3.8) is 0 Å². The number of likely N-dealkylation sites (N-methyl/N-ethyl adjacent to an activating group) is 1. The van der Waals surface area contributed by atoms with Gasteiger partial charge in [0, 0.05) is 18.1 Å². The van der Waals surface area contributed by atoms with E-state index < -0.39 is 5.82 Å². The summed E-state index contributed by atoms with van der Waals surface area (Å²) in [5.74, 6) is 1.18. The minimum absolute atomic E-state index is 0.126. The van der Waals surface area contributed by atoms with Crippen molar-refractivity contribution in [1.29, 1.82) is 0 Å². The molecule has 0 N–H and O–H groups in total. The maximum atomic E-state index is 13.8. The van der Waals surface area contributed by atoms with Crippen molar-refractivity contribution in [2.45, 2.75) is 6.04 Å². The smallest absolute Gasteiger partial charge is 0.183 e. The number of hydrogen-bond donors (Lipinski definition) is 0. The average molecular weight is 318 g/mol. The fourth-order valence-electron chi connectivity index (χ4n) is 1.84. The number of Topliss-reactive ketones (excluding diaryl/α,β-unsaturated/α-hetero) is 1. The molecule has 0 bridgehead atoms. The monoisotopic (exact) mass is 317 g/mol. The summed E-state index contributed by atoms with van der Waals surface area (Å²) in [6, 6.07) is 4.63. The van der Waals surface area contributed by atoms with Crippen molar-refractivity contribution < 1.29 is 9.18 Å². The molecule has 2 rings (SSSR count). The van der Waals surface area contributed by atoms with Crippen molar-refractivity contribution in [2.75, 3.05) is 25.1 Å². The molecule has 17 heavy (non-hydrogen) atoms. The van der Waals surface area contributed by atoms with Crippen LogP contribution in [0.15, 0.2) is 22.7 Å². The first kappa shape index (κ1) is 13.1. The van der Waals surface area contributed by atoms with Crippen LogP contribution in [0.25, 0.3) is 0 Å². The molecule has 1 aromatic carbocycles. The quantitative estimate of drug-likeness (QED) is 0.782. The van der Waals surface area contributed by atoms with E-state index in [1.807, 2.05) is 11.9 Å².